The second-order valence-corrected chi connectivity index (χ2v) is 13.3. The molecule has 49 heavy (non-hydrogen) atoms. The lowest BCUT2D eigenvalue weighted by atomic mass is 9.72. The minimum atomic E-state index is -4.57. The molecule has 1 unspecified atom stereocenters. The minimum absolute atomic E-state index is 0.00411. The van der Waals surface area contributed by atoms with Gasteiger partial charge in [0.2, 0.25) is 11.8 Å². The van der Waals surface area contributed by atoms with E-state index in [9.17, 15) is 27.6 Å². The minimum Gasteiger partial charge on any atom is -0.482 e. The summed E-state index contributed by atoms with van der Waals surface area (Å²) in [5.74, 6) is -0.234. The number of halogens is 3. The Hall–Kier alpha value is -4.52. The summed E-state index contributed by atoms with van der Waals surface area (Å²) in [5, 5.41) is 5.33. The molecule has 1 saturated heterocycles. The summed E-state index contributed by atoms with van der Waals surface area (Å²) in [6.45, 7) is 12.6. The topological polar surface area (TPSA) is 117 Å². The fourth-order valence-corrected chi connectivity index (χ4v) is 6.32. The normalized spacial score (nSPS) is 22.2. The predicted molar refractivity (Wildman–Crippen MR) is 178 cm³/mol. The maximum absolute atomic E-state index is 13.8. The van der Waals surface area contributed by atoms with Crippen LogP contribution in [0.4, 0.5) is 19.0 Å². The van der Waals surface area contributed by atoms with Crippen molar-refractivity contribution in [2.75, 3.05) is 38.5 Å². The number of likely N-dealkylation sites (N-methyl/N-ethyl adjacent to an activating group) is 1. The van der Waals surface area contributed by atoms with Gasteiger partial charge in [-0.2, -0.15) is 13.2 Å². The Labute approximate surface area is 284 Å². The zero-order valence-electron chi connectivity index (χ0n) is 28.5. The summed E-state index contributed by atoms with van der Waals surface area (Å²) >= 11 is 0. The second kappa shape index (κ2) is 14.1. The van der Waals surface area contributed by atoms with E-state index < -0.39 is 35.1 Å². The number of anilines is 1. The third kappa shape index (κ3) is 7.87. The van der Waals surface area contributed by atoms with E-state index in [1.54, 1.807) is 24.8 Å². The van der Waals surface area contributed by atoms with Gasteiger partial charge < -0.3 is 20.3 Å². The maximum Gasteiger partial charge on any atom is 0.417 e. The van der Waals surface area contributed by atoms with Gasteiger partial charge in [0.15, 0.2) is 6.10 Å². The summed E-state index contributed by atoms with van der Waals surface area (Å²) in [7, 11) is 1.49. The number of carbonyl (C=O) groups is 3. The van der Waals surface area contributed by atoms with Gasteiger partial charge in [0.25, 0.3) is 5.91 Å². The standard InChI is InChI=1S/C36H43F3N6O4/c1-7-31(46)45-13-12-44(19-23(45)4)20-30(28-11-10-25(17-41-28)24-8-9-24)49-29-15-22(3)35(5,16-27(29)33(47)40-6)34(48)43-32-21(2)14-26(18-42-32)36(37,38)39/h7,10-11,14-15,17-18,23-24,30H,1,8-9,12-13,16,19-20H2,2-6H3,(H,40,47)(H,42,43,48)/t23-,30-,35?/m1/s1. The number of ether oxygens (including phenoxy) is 1. The summed E-state index contributed by atoms with van der Waals surface area (Å²) < 4.78 is 46.3. The zero-order chi connectivity index (χ0) is 35.7. The second-order valence-electron chi connectivity index (χ2n) is 13.3. The Morgan fingerprint density at radius 1 is 1.16 bits per heavy atom. The third-order valence-corrected chi connectivity index (χ3v) is 9.74. The number of aryl methyl sites for hydroxylation is 1. The summed E-state index contributed by atoms with van der Waals surface area (Å²) in [5.41, 5.74) is 0.701. The number of carbonyl (C=O) groups excluding carboxylic acids is 3. The molecule has 2 aliphatic carbocycles. The first-order valence-electron chi connectivity index (χ1n) is 16.4. The molecule has 3 atom stereocenters. The largest absolute Gasteiger partial charge is 0.482 e. The SMILES string of the molecule is C=CC(=O)N1CCN(C[C@@H](OC2=C(C(=O)NC)CC(C)(C(=O)Nc3ncc(C(F)(F)F)cc3C)C(C)=C2)c2ccc(C3CC3)cn2)C[C@H]1C. The molecule has 1 saturated carbocycles. The van der Waals surface area contributed by atoms with Crippen molar-refractivity contribution < 1.29 is 32.3 Å². The van der Waals surface area contributed by atoms with Gasteiger partial charge in [-0.25, -0.2) is 4.98 Å². The Kier molecular flexibility index (Phi) is 10.3. The molecule has 3 heterocycles. The molecule has 13 heteroatoms. The lowest BCUT2D eigenvalue weighted by molar-refractivity contribution is -0.138. The summed E-state index contributed by atoms with van der Waals surface area (Å²) in [6.07, 6.45) is 2.65. The molecule has 2 aromatic rings. The van der Waals surface area contributed by atoms with Crippen LogP contribution in [0.2, 0.25) is 0 Å². The average Bonchev–Trinajstić information content (AvgIpc) is 3.92. The molecule has 0 spiro atoms. The number of alkyl halides is 3. The van der Waals surface area contributed by atoms with E-state index in [1.807, 2.05) is 19.2 Å². The van der Waals surface area contributed by atoms with Crippen molar-refractivity contribution in [2.45, 2.75) is 71.2 Å². The van der Waals surface area contributed by atoms with E-state index in [0.717, 1.165) is 18.9 Å². The molecule has 262 valence electrons. The maximum atomic E-state index is 13.8. The number of nitrogens with zero attached hydrogens (tertiary/aromatic N) is 4. The summed E-state index contributed by atoms with van der Waals surface area (Å²) in [4.78, 5) is 52.1. The molecule has 0 bridgehead atoms. The highest BCUT2D eigenvalue weighted by Gasteiger charge is 2.42. The molecule has 0 radical (unpaired) electrons. The van der Waals surface area contributed by atoms with E-state index in [1.165, 1.54) is 25.6 Å². The highest BCUT2D eigenvalue weighted by molar-refractivity contribution is 6.01. The molecule has 5 rings (SSSR count). The van der Waals surface area contributed by atoms with Crippen molar-refractivity contribution in [2.24, 2.45) is 5.41 Å². The van der Waals surface area contributed by atoms with Crippen LogP contribution < -0.4 is 10.6 Å². The van der Waals surface area contributed by atoms with Crippen LogP contribution in [0.5, 0.6) is 0 Å². The van der Waals surface area contributed by atoms with Crippen molar-refractivity contribution in [3.63, 3.8) is 0 Å². The van der Waals surface area contributed by atoms with E-state index in [0.29, 0.717) is 55.3 Å². The van der Waals surface area contributed by atoms with Crippen molar-refractivity contribution in [3.8, 4) is 0 Å². The molecule has 1 aliphatic heterocycles. The van der Waals surface area contributed by atoms with Gasteiger partial charge >= 0.3 is 6.18 Å². The molecular formula is C36H43F3N6O4. The van der Waals surface area contributed by atoms with E-state index in [-0.39, 0.29) is 35.3 Å². The Balaban J connectivity index is 1.42. The number of pyridine rings is 2. The van der Waals surface area contributed by atoms with Gasteiger partial charge in [-0.15, -0.1) is 0 Å². The molecule has 3 amide bonds. The molecule has 2 N–H and O–H groups in total. The molecule has 10 nitrogen and oxygen atoms in total. The Bertz CT molecular complexity index is 1680. The van der Waals surface area contributed by atoms with Crippen molar-refractivity contribution >= 4 is 23.5 Å². The molecule has 3 aliphatic rings. The quantitative estimate of drug-likeness (QED) is 0.321. The van der Waals surface area contributed by atoms with Crippen LogP contribution in [0.1, 0.15) is 74.4 Å². The van der Waals surface area contributed by atoms with Crippen molar-refractivity contribution in [3.05, 3.63) is 88.6 Å². The van der Waals surface area contributed by atoms with E-state index in [2.05, 4.69) is 33.2 Å². The van der Waals surface area contributed by atoms with Gasteiger partial charge in [0, 0.05) is 51.7 Å². The summed E-state index contributed by atoms with van der Waals surface area (Å²) in [6, 6.07) is 4.90. The van der Waals surface area contributed by atoms with Gasteiger partial charge in [0.05, 0.1) is 22.2 Å². The van der Waals surface area contributed by atoms with E-state index in [4.69, 9.17) is 9.72 Å². The van der Waals surface area contributed by atoms with Gasteiger partial charge in [-0.1, -0.05) is 18.2 Å². The van der Waals surface area contributed by atoms with Crippen LogP contribution in [0.15, 0.2) is 66.2 Å². The number of nitrogens with one attached hydrogen (secondary N) is 2. The smallest absolute Gasteiger partial charge is 0.417 e. The number of rotatable bonds is 10. The zero-order valence-corrected chi connectivity index (χ0v) is 28.5. The van der Waals surface area contributed by atoms with Gasteiger partial charge in [-0.05, 0) is 88.3 Å². The lowest BCUT2D eigenvalue weighted by Crippen LogP contribution is -2.54. The third-order valence-electron chi connectivity index (χ3n) is 9.74. The number of hydrogen-bond acceptors (Lipinski definition) is 7. The predicted octanol–water partition coefficient (Wildman–Crippen LogP) is 5.45. The highest BCUT2D eigenvalue weighted by atomic mass is 19.4. The average molecular weight is 681 g/mol. The number of hydrogen-bond donors (Lipinski definition) is 2. The first-order valence-corrected chi connectivity index (χ1v) is 16.4. The number of piperazine rings is 1. The Morgan fingerprint density at radius 2 is 1.90 bits per heavy atom. The lowest BCUT2D eigenvalue weighted by Gasteiger charge is -2.41. The monoisotopic (exact) mass is 680 g/mol. The molecule has 2 aromatic heterocycles. The Morgan fingerprint density at radius 3 is 2.47 bits per heavy atom. The molecular weight excluding hydrogens is 637 g/mol. The van der Waals surface area contributed by atoms with Crippen LogP contribution >= 0.6 is 0 Å². The van der Waals surface area contributed by atoms with Gasteiger partial charge in [-0.3, -0.25) is 24.3 Å². The van der Waals surface area contributed by atoms with Crippen LogP contribution in [0.25, 0.3) is 0 Å². The first-order chi connectivity index (χ1) is 23.1. The fraction of sp³-hybridized carbons (Fsp3) is 0.472. The molecule has 2 fully saturated rings. The number of aromatic nitrogens is 2. The van der Waals surface area contributed by atoms with E-state index >= 15 is 0 Å². The van der Waals surface area contributed by atoms with Crippen molar-refractivity contribution in [1.29, 1.82) is 0 Å². The van der Waals surface area contributed by atoms with Crippen LogP contribution in [-0.2, 0) is 25.3 Å². The van der Waals surface area contributed by atoms with Crippen LogP contribution in [-0.4, -0.2) is 76.8 Å². The number of amides is 3. The first kappa shape index (κ1) is 35.8. The molecule has 0 aromatic carbocycles. The van der Waals surface area contributed by atoms with Crippen LogP contribution in [0.3, 0.4) is 0 Å². The fourth-order valence-electron chi connectivity index (χ4n) is 6.32. The van der Waals surface area contributed by atoms with Gasteiger partial charge in [0.1, 0.15) is 11.6 Å². The van der Waals surface area contributed by atoms with Crippen molar-refractivity contribution in [1.82, 2.24) is 25.1 Å². The number of allylic oxidation sites excluding steroid dienone is 1. The van der Waals surface area contributed by atoms with Crippen LogP contribution in [0, 0.1) is 12.3 Å². The highest BCUT2D eigenvalue weighted by Crippen LogP contribution is 2.43.